The number of carbonyl (C=O) groups excluding carboxylic acids is 1. The highest BCUT2D eigenvalue weighted by Crippen LogP contribution is 2.27. The number of aromatic amines is 1. The van der Waals surface area contributed by atoms with Gasteiger partial charge in [-0.15, -0.1) is 0 Å². The Morgan fingerprint density at radius 3 is 2.85 bits per heavy atom. The molecule has 1 aromatic carbocycles. The van der Waals surface area contributed by atoms with E-state index in [2.05, 4.69) is 25.2 Å². The molecule has 8 nitrogen and oxygen atoms in total. The van der Waals surface area contributed by atoms with Crippen LogP contribution in [0.5, 0.6) is 0 Å². The first kappa shape index (κ1) is 19.1. The summed E-state index contributed by atoms with van der Waals surface area (Å²) < 4.78 is 40.6. The molecule has 2 aromatic heterocycles. The number of H-pyrrole nitrogens is 1. The highest BCUT2D eigenvalue weighted by atomic mass is 35.5. The largest absolute Gasteiger partial charge is 0.320 e. The van der Waals surface area contributed by atoms with Gasteiger partial charge in [0.2, 0.25) is 10.0 Å². The SMILES string of the molecule is CCCS(=O)(=O)Nc1ccc(Cl)c(C(=O)Nc2cnc3[nH]ncc3c2)c1F. The quantitative estimate of drug-likeness (QED) is 0.576. The second-order valence-corrected chi connectivity index (χ2v) is 7.94. The summed E-state index contributed by atoms with van der Waals surface area (Å²) in [6, 6.07) is 4.02. The van der Waals surface area contributed by atoms with Gasteiger partial charge in [-0.05, 0) is 24.6 Å². The molecule has 0 aliphatic rings. The van der Waals surface area contributed by atoms with Crippen molar-refractivity contribution in [1.82, 2.24) is 15.2 Å². The molecule has 0 saturated carbocycles. The van der Waals surface area contributed by atoms with Gasteiger partial charge >= 0.3 is 0 Å². The zero-order valence-electron chi connectivity index (χ0n) is 14.1. The maximum absolute atomic E-state index is 14.8. The molecule has 27 heavy (non-hydrogen) atoms. The zero-order valence-corrected chi connectivity index (χ0v) is 15.7. The second-order valence-electron chi connectivity index (χ2n) is 5.69. The fourth-order valence-corrected chi connectivity index (χ4v) is 3.79. The van der Waals surface area contributed by atoms with Crippen LogP contribution < -0.4 is 10.0 Å². The van der Waals surface area contributed by atoms with Crippen LogP contribution in [0.25, 0.3) is 11.0 Å². The number of benzene rings is 1. The molecule has 0 atom stereocenters. The number of anilines is 2. The normalized spacial score (nSPS) is 11.5. The van der Waals surface area contributed by atoms with Crippen LogP contribution >= 0.6 is 11.6 Å². The number of nitrogens with one attached hydrogen (secondary N) is 3. The molecule has 11 heteroatoms. The van der Waals surface area contributed by atoms with Crippen molar-refractivity contribution < 1.29 is 17.6 Å². The molecule has 3 N–H and O–H groups in total. The molecule has 0 aliphatic heterocycles. The highest BCUT2D eigenvalue weighted by Gasteiger charge is 2.22. The molecule has 0 radical (unpaired) electrons. The minimum absolute atomic E-state index is 0.152. The predicted molar refractivity (Wildman–Crippen MR) is 101 cm³/mol. The Balaban J connectivity index is 1.90. The van der Waals surface area contributed by atoms with Crippen LogP contribution in [0.4, 0.5) is 15.8 Å². The van der Waals surface area contributed by atoms with E-state index in [9.17, 15) is 17.6 Å². The van der Waals surface area contributed by atoms with Crippen molar-refractivity contribution in [2.45, 2.75) is 13.3 Å². The monoisotopic (exact) mass is 411 g/mol. The molecule has 1 amide bonds. The van der Waals surface area contributed by atoms with Gasteiger partial charge < -0.3 is 5.32 Å². The molecule has 2 heterocycles. The fraction of sp³-hybridized carbons (Fsp3) is 0.188. The van der Waals surface area contributed by atoms with Crippen molar-refractivity contribution in [2.75, 3.05) is 15.8 Å². The first-order valence-electron chi connectivity index (χ1n) is 7.89. The van der Waals surface area contributed by atoms with Gasteiger partial charge in [0, 0.05) is 5.39 Å². The number of aromatic nitrogens is 3. The molecule has 0 aliphatic carbocycles. The van der Waals surface area contributed by atoms with E-state index in [1.54, 1.807) is 13.0 Å². The summed E-state index contributed by atoms with van der Waals surface area (Å²) in [5.74, 6) is -2.07. The smallest absolute Gasteiger partial charge is 0.260 e. The Hall–Kier alpha value is -2.72. The van der Waals surface area contributed by atoms with E-state index in [1.807, 2.05) is 0 Å². The zero-order chi connectivity index (χ0) is 19.6. The minimum atomic E-state index is -3.72. The van der Waals surface area contributed by atoms with Crippen LogP contribution in [0.3, 0.4) is 0 Å². The number of rotatable bonds is 6. The topological polar surface area (TPSA) is 117 Å². The Bertz CT molecular complexity index is 1120. The van der Waals surface area contributed by atoms with Gasteiger partial charge in [-0.2, -0.15) is 5.10 Å². The first-order chi connectivity index (χ1) is 12.8. The van der Waals surface area contributed by atoms with Gasteiger partial charge in [0.1, 0.15) is 0 Å². The average Bonchev–Trinajstić information content (AvgIpc) is 3.05. The Labute approximate surface area is 159 Å². The lowest BCUT2D eigenvalue weighted by atomic mass is 10.1. The first-order valence-corrected chi connectivity index (χ1v) is 9.92. The highest BCUT2D eigenvalue weighted by molar-refractivity contribution is 7.92. The van der Waals surface area contributed by atoms with E-state index in [4.69, 9.17) is 11.6 Å². The Kier molecular flexibility index (Phi) is 5.29. The fourth-order valence-electron chi connectivity index (χ4n) is 2.43. The standard InChI is InChI=1S/C16H15ClFN5O3S/c1-2-5-27(25,26)23-12-4-3-11(17)13(14(12)18)16(24)21-10-6-9-7-20-22-15(9)19-8-10/h3-4,6-8,23H,2,5H2,1H3,(H,21,24)(H,19,20,22). The van der Waals surface area contributed by atoms with E-state index in [0.29, 0.717) is 23.1 Å². The lowest BCUT2D eigenvalue weighted by Crippen LogP contribution is -2.20. The van der Waals surface area contributed by atoms with Crippen molar-refractivity contribution in [3.63, 3.8) is 0 Å². The van der Waals surface area contributed by atoms with Crippen molar-refractivity contribution in [3.05, 3.63) is 47.0 Å². The van der Waals surface area contributed by atoms with Crippen LogP contribution in [-0.4, -0.2) is 35.3 Å². The lowest BCUT2D eigenvalue weighted by Gasteiger charge is -2.12. The van der Waals surface area contributed by atoms with Crippen LogP contribution in [0.2, 0.25) is 5.02 Å². The summed E-state index contributed by atoms with van der Waals surface area (Å²) in [6.45, 7) is 1.68. The van der Waals surface area contributed by atoms with E-state index in [-0.39, 0.29) is 16.5 Å². The molecule has 0 fully saturated rings. The third-order valence-corrected chi connectivity index (χ3v) is 5.40. The van der Waals surface area contributed by atoms with Crippen molar-refractivity contribution in [2.24, 2.45) is 0 Å². The van der Waals surface area contributed by atoms with Crippen molar-refractivity contribution in [3.8, 4) is 0 Å². The molecule has 0 saturated heterocycles. The van der Waals surface area contributed by atoms with Crippen LogP contribution in [-0.2, 0) is 10.0 Å². The van der Waals surface area contributed by atoms with Crippen LogP contribution in [0.15, 0.2) is 30.6 Å². The number of hydrogen-bond acceptors (Lipinski definition) is 5. The molecule has 3 aromatic rings. The average molecular weight is 412 g/mol. The third-order valence-electron chi connectivity index (χ3n) is 3.61. The number of nitrogens with zero attached hydrogens (tertiary/aromatic N) is 2. The minimum Gasteiger partial charge on any atom is -0.320 e. The van der Waals surface area contributed by atoms with Gasteiger partial charge in [0.05, 0.1) is 40.1 Å². The van der Waals surface area contributed by atoms with Crippen molar-refractivity contribution >= 4 is 49.9 Å². The van der Waals surface area contributed by atoms with E-state index < -0.39 is 27.3 Å². The summed E-state index contributed by atoms with van der Waals surface area (Å²) in [6.07, 6.45) is 3.26. The summed E-state index contributed by atoms with van der Waals surface area (Å²) >= 11 is 5.96. The van der Waals surface area contributed by atoms with E-state index in [0.717, 1.165) is 0 Å². The number of hydrogen-bond donors (Lipinski definition) is 3. The molecule has 142 valence electrons. The summed E-state index contributed by atoms with van der Waals surface area (Å²) in [4.78, 5) is 16.6. The summed E-state index contributed by atoms with van der Waals surface area (Å²) in [5, 5.41) is 9.48. The van der Waals surface area contributed by atoms with Crippen LogP contribution in [0.1, 0.15) is 23.7 Å². The number of pyridine rings is 1. The lowest BCUT2D eigenvalue weighted by molar-refractivity contribution is 0.102. The Morgan fingerprint density at radius 1 is 1.33 bits per heavy atom. The number of fused-ring (bicyclic) bond motifs is 1. The van der Waals surface area contributed by atoms with Gasteiger partial charge in [0.25, 0.3) is 5.91 Å². The molecular weight excluding hydrogens is 397 g/mol. The molecule has 0 spiro atoms. The van der Waals surface area contributed by atoms with Gasteiger partial charge in [-0.3, -0.25) is 14.6 Å². The summed E-state index contributed by atoms with van der Waals surface area (Å²) in [7, 11) is -3.72. The van der Waals surface area contributed by atoms with Crippen molar-refractivity contribution in [1.29, 1.82) is 0 Å². The summed E-state index contributed by atoms with van der Waals surface area (Å²) in [5.41, 5.74) is 0.0212. The van der Waals surface area contributed by atoms with E-state index >= 15 is 0 Å². The molecule has 0 unspecified atom stereocenters. The van der Waals surface area contributed by atoms with Gasteiger partial charge in [-0.1, -0.05) is 18.5 Å². The maximum Gasteiger partial charge on any atom is 0.260 e. The number of sulfonamides is 1. The van der Waals surface area contributed by atoms with Crippen LogP contribution in [0, 0.1) is 5.82 Å². The van der Waals surface area contributed by atoms with Gasteiger partial charge in [-0.25, -0.2) is 17.8 Å². The van der Waals surface area contributed by atoms with E-state index in [1.165, 1.54) is 24.5 Å². The number of amides is 1. The second kappa shape index (κ2) is 7.49. The molecule has 3 rings (SSSR count). The maximum atomic E-state index is 14.8. The number of carbonyl (C=O) groups is 1. The Morgan fingerprint density at radius 2 is 2.11 bits per heavy atom. The van der Waals surface area contributed by atoms with Gasteiger partial charge in [0.15, 0.2) is 11.5 Å². The predicted octanol–water partition coefficient (Wildman–Crippen LogP) is 3.15. The number of halogens is 2. The molecule has 0 bridgehead atoms. The molecular formula is C16H15ClFN5O3S. The third kappa shape index (κ3) is 4.17.